The van der Waals surface area contributed by atoms with Crippen LogP contribution in [0.5, 0.6) is 0 Å². The lowest BCUT2D eigenvalue weighted by Crippen LogP contribution is -2.17. The van der Waals surface area contributed by atoms with E-state index in [1.54, 1.807) is 32.0 Å². The van der Waals surface area contributed by atoms with Gasteiger partial charge in [0.2, 0.25) is 10.0 Å². The number of sulfonamides is 1. The normalized spacial score (nSPS) is 11.6. The van der Waals surface area contributed by atoms with Crippen LogP contribution < -0.4 is 10.5 Å². The summed E-state index contributed by atoms with van der Waals surface area (Å²) in [6.45, 7) is 3.48. The fraction of sp³-hybridized carbons (Fsp3) is 0.250. The van der Waals surface area contributed by atoms with Gasteiger partial charge >= 0.3 is 0 Å². The van der Waals surface area contributed by atoms with Crippen molar-refractivity contribution in [1.29, 1.82) is 0 Å². The molecule has 3 N–H and O–H groups in total. The molecule has 0 spiro atoms. The highest BCUT2D eigenvalue weighted by atomic mass is 79.9. The monoisotopic (exact) mass is 359 g/mol. The molecule has 1 aromatic carbocycles. The Morgan fingerprint density at radius 2 is 2.05 bits per heavy atom. The van der Waals surface area contributed by atoms with E-state index in [9.17, 15) is 8.42 Å². The molecule has 1 heterocycles. The molecule has 0 amide bonds. The number of anilines is 2. The first-order valence-electron chi connectivity index (χ1n) is 5.75. The summed E-state index contributed by atoms with van der Waals surface area (Å²) in [5.74, 6) is 0.300. The van der Waals surface area contributed by atoms with Gasteiger partial charge in [-0.2, -0.15) is 0 Å². The van der Waals surface area contributed by atoms with Crippen molar-refractivity contribution in [3.05, 3.63) is 39.7 Å². The topological polar surface area (TPSA) is 98.2 Å². The number of hydrogen-bond acceptors (Lipinski definition) is 5. The number of nitrogens with two attached hydrogens (primary N) is 1. The molecular formula is C12H14BrN3O3S. The van der Waals surface area contributed by atoms with Gasteiger partial charge in [0.05, 0.1) is 11.4 Å². The minimum atomic E-state index is -3.60. The number of benzene rings is 1. The Morgan fingerprint density at radius 3 is 2.60 bits per heavy atom. The van der Waals surface area contributed by atoms with Gasteiger partial charge in [0, 0.05) is 10.5 Å². The number of rotatable bonds is 4. The van der Waals surface area contributed by atoms with Crippen LogP contribution in [0, 0.1) is 13.8 Å². The number of hydrogen-bond donors (Lipinski definition) is 2. The molecule has 1 aromatic heterocycles. The van der Waals surface area contributed by atoms with E-state index >= 15 is 0 Å². The Bertz CT molecular complexity index is 717. The third-order valence-corrected chi connectivity index (χ3v) is 4.25. The van der Waals surface area contributed by atoms with E-state index in [-0.39, 0.29) is 5.75 Å². The van der Waals surface area contributed by atoms with E-state index in [2.05, 4.69) is 25.8 Å². The minimum absolute atomic E-state index is 0.265. The van der Waals surface area contributed by atoms with Crippen molar-refractivity contribution in [1.82, 2.24) is 5.16 Å². The van der Waals surface area contributed by atoms with Crippen LogP contribution in [0.1, 0.15) is 17.0 Å². The molecule has 0 radical (unpaired) electrons. The third-order valence-electron chi connectivity index (χ3n) is 2.60. The summed E-state index contributed by atoms with van der Waals surface area (Å²) in [4.78, 5) is 0. The zero-order valence-electron chi connectivity index (χ0n) is 11.0. The van der Waals surface area contributed by atoms with Gasteiger partial charge in [0.25, 0.3) is 0 Å². The molecule has 0 aliphatic heterocycles. The number of aromatic nitrogens is 1. The van der Waals surface area contributed by atoms with Gasteiger partial charge < -0.3 is 10.3 Å². The highest BCUT2D eigenvalue weighted by Gasteiger charge is 2.17. The van der Waals surface area contributed by atoms with Crippen LogP contribution in [-0.4, -0.2) is 13.6 Å². The van der Waals surface area contributed by atoms with Gasteiger partial charge in [0.1, 0.15) is 17.2 Å². The molecule has 108 valence electrons. The fourth-order valence-corrected chi connectivity index (χ4v) is 3.56. The quantitative estimate of drug-likeness (QED) is 0.817. The number of halogens is 1. The Kier molecular flexibility index (Phi) is 4.05. The van der Waals surface area contributed by atoms with E-state index in [1.165, 1.54) is 0 Å². The van der Waals surface area contributed by atoms with Crippen molar-refractivity contribution < 1.29 is 12.9 Å². The molecule has 0 fully saturated rings. The minimum Gasteiger partial charge on any atom is -0.397 e. The fourth-order valence-electron chi connectivity index (χ4n) is 1.78. The van der Waals surface area contributed by atoms with E-state index in [4.69, 9.17) is 10.3 Å². The van der Waals surface area contributed by atoms with Crippen LogP contribution in [0.3, 0.4) is 0 Å². The average molecular weight is 360 g/mol. The van der Waals surface area contributed by atoms with Crippen LogP contribution in [-0.2, 0) is 15.8 Å². The molecule has 0 atom stereocenters. The van der Waals surface area contributed by atoms with Gasteiger partial charge in [-0.05, 0) is 31.5 Å². The van der Waals surface area contributed by atoms with Crippen LogP contribution in [0.25, 0.3) is 0 Å². The van der Waals surface area contributed by atoms with E-state index in [1.807, 2.05) is 0 Å². The molecule has 0 bridgehead atoms. The van der Waals surface area contributed by atoms with Crippen molar-refractivity contribution in [2.45, 2.75) is 19.6 Å². The SMILES string of the molecule is Cc1cc(CS(=O)(=O)Nc2c(C)cc(Br)cc2N)no1. The zero-order valence-corrected chi connectivity index (χ0v) is 13.4. The Balaban J connectivity index is 2.25. The first-order valence-corrected chi connectivity index (χ1v) is 8.19. The summed E-state index contributed by atoms with van der Waals surface area (Å²) in [6.07, 6.45) is 0. The third kappa shape index (κ3) is 3.51. The zero-order chi connectivity index (χ0) is 14.9. The lowest BCUT2D eigenvalue weighted by Gasteiger charge is -2.12. The van der Waals surface area contributed by atoms with Crippen LogP contribution in [0.4, 0.5) is 11.4 Å². The molecule has 0 aliphatic rings. The second-order valence-electron chi connectivity index (χ2n) is 4.48. The molecule has 0 unspecified atom stereocenters. The van der Waals surface area contributed by atoms with Gasteiger partial charge in [-0.1, -0.05) is 21.1 Å². The molecule has 0 saturated carbocycles. The predicted molar refractivity (Wildman–Crippen MR) is 80.8 cm³/mol. The number of nitrogen functional groups attached to an aromatic ring is 1. The maximum atomic E-state index is 12.1. The molecule has 6 nitrogen and oxygen atoms in total. The van der Waals surface area contributed by atoms with E-state index in [0.717, 1.165) is 10.0 Å². The smallest absolute Gasteiger partial charge is 0.238 e. The van der Waals surface area contributed by atoms with Crippen molar-refractivity contribution in [2.24, 2.45) is 0 Å². The summed E-state index contributed by atoms with van der Waals surface area (Å²) in [6, 6.07) is 5.01. The summed E-state index contributed by atoms with van der Waals surface area (Å²) >= 11 is 3.30. The van der Waals surface area contributed by atoms with Gasteiger partial charge in [-0.3, -0.25) is 4.72 Å². The molecular weight excluding hydrogens is 346 g/mol. The van der Waals surface area contributed by atoms with Crippen molar-refractivity contribution in [3.63, 3.8) is 0 Å². The standard InChI is InChI=1S/C12H14BrN3O3S/c1-7-3-9(13)5-11(14)12(7)16-20(17,18)6-10-4-8(2)19-15-10/h3-5,16H,6,14H2,1-2H3. The summed E-state index contributed by atoms with van der Waals surface area (Å²) in [7, 11) is -3.60. The van der Waals surface area contributed by atoms with E-state index < -0.39 is 10.0 Å². The summed E-state index contributed by atoms with van der Waals surface area (Å²) in [5.41, 5.74) is 7.66. The van der Waals surface area contributed by atoms with Gasteiger partial charge in [-0.25, -0.2) is 8.42 Å². The van der Waals surface area contributed by atoms with Gasteiger partial charge in [0.15, 0.2) is 0 Å². The maximum absolute atomic E-state index is 12.1. The molecule has 20 heavy (non-hydrogen) atoms. The number of nitrogens with one attached hydrogen (secondary N) is 1. The van der Waals surface area contributed by atoms with Crippen LogP contribution in [0.2, 0.25) is 0 Å². The Morgan fingerprint density at radius 1 is 1.35 bits per heavy atom. The maximum Gasteiger partial charge on any atom is 0.238 e. The van der Waals surface area contributed by atoms with Crippen molar-refractivity contribution in [3.8, 4) is 0 Å². The van der Waals surface area contributed by atoms with Crippen molar-refractivity contribution in [2.75, 3.05) is 10.5 Å². The summed E-state index contributed by atoms with van der Waals surface area (Å²) in [5, 5.41) is 3.67. The number of nitrogens with zero attached hydrogens (tertiary/aromatic N) is 1. The molecule has 2 rings (SSSR count). The second kappa shape index (κ2) is 5.45. The van der Waals surface area contributed by atoms with Gasteiger partial charge in [-0.15, -0.1) is 0 Å². The van der Waals surface area contributed by atoms with Crippen LogP contribution in [0.15, 0.2) is 27.2 Å². The Labute approximate surface area is 125 Å². The largest absolute Gasteiger partial charge is 0.397 e. The molecule has 8 heteroatoms. The first kappa shape index (κ1) is 14.9. The second-order valence-corrected chi connectivity index (χ2v) is 7.11. The molecule has 2 aromatic rings. The summed E-state index contributed by atoms with van der Waals surface area (Å²) < 4.78 is 32.3. The first-order chi connectivity index (χ1) is 9.27. The average Bonchev–Trinajstić information content (AvgIpc) is 2.68. The van der Waals surface area contributed by atoms with E-state index in [0.29, 0.717) is 22.8 Å². The highest BCUT2D eigenvalue weighted by molar-refractivity contribution is 9.10. The molecule has 0 saturated heterocycles. The Hall–Kier alpha value is -1.54. The predicted octanol–water partition coefficient (Wildman–Crippen LogP) is 2.58. The van der Waals surface area contributed by atoms with Crippen molar-refractivity contribution >= 4 is 37.3 Å². The molecule has 0 aliphatic carbocycles. The number of aryl methyl sites for hydroxylation is 2. The van der Waals surface area contributed by atoms with Crippen LogP contribution >= 0.6 is 15.9 Å². The lowest BCUT2D eigenvalue weighted by atomic mass is 10.2. The lowest BCUT2D eigenvalue weighted by molar-refractivity contribution is 0.392. The highest BCUT2D eigenvalue weighted by Crippen LogP contribution is 2.29.